The van der Waals surface area contributed by atoms with Gasteiger partial charge in [0.2, 0.25) is 0 Å². The zero-order chi connectivity index (χ0) is 11.7. The van der Waals surface area contributed by atoms with Crippen LogP contribution in [0, 0.1) is 0 Å². The highest BCUT2D eigenvalue weighted by Gasteiger charge is 2.12. The molecule has 0 aliphatic carbocycles. The second kappa shape index (κ2) is 4.27. The quantitative estimate of drug-likeness (QED) is 0.889. The summed E-state index contributed by atoms with van der Waals surface area (Å²) >= 11 is 3.38. The van der Waals surface area contributed by atoms with Crippen LogP contribution in [0.1, 0.15) is 5.56 Å². The van der Waals surface area contributed by atoms with E-state index in [1.807, 2.05) is 12.1 Å². The molecule has 1 heterocycles. The maximum atomic E-state index is 11.0. The molecule has 0 aliphatic rings. The number of rotatable bonds is 2. The molecule has 0 spiro atoms. The summed E-state index contributed by atoms with van der Waals surface area (Å²) in [6.07, 6.45) is 1.33. The first-order chi connectivity index (χ1) is 7.63. The van der Waals surface area contributed by atoms with E-state index in [1.165, 1.54) is 4.57 Å². The number of aromatic nitrogens is 1. The number of carbonyl (C=O) groups is 1. The van der Waals surface area contributed by atoms with Crippen LogP contribution in [0.2, 0.25) is 0 Å². The van der Waals surface area contributed by atoms with E-state index in [9.17, 15) is 4.79 Å². The van der Waals surface area contributed by atoms with Crippen molar-refractivity contribution in [1.82, 2.24) is 4.57 Å². The van der Waals surface area contributed by atoms with E-state index >= 15 is 0 Å². The van der Waals surface area contributed by atoms with Gasteiger partial charge in [-0.15, -0.1) is 0 Å². The van der Waals surface area contributed by atoms with Crippen molar-refractivity contribution in [2.24, 2.45) is 5.73 Å². The second-order valence-corrected chi connectivity index (χ2v) is 4.42. The molecule has 0 saturated heterocycles. The van der Waals surface area contributed by atoms with Crippen molar-refractivity contribution in [3.05, 3.63) is 34.4 Å². The number of halogens is 1. The van der Waals surface area contributed by atoms with Gasteiger partial charge in [0.25, 0.3) is 0 Å². The predicted octanol–water partition coefficient (Wildman–Crippen LogP) is 2.43. The first-order valence-electron chi connectivity index (χ1n) is 4.86. The Hall–Kier alpha value is -1.33. The summed E-state index contributed by atoms with van der Waals surface area (Å²) in [7, 11) is 0. The number of fused-ring (bicyclic) bond motifs is 1. The summed E-state index contributed by atoms with van der Waals surface area (Å²) in [6, 6.07) is 5.53. The monoisotopic (exact) mass is 282 g/mol. The molecule has 84 valence electrons. The molecule has 2 aromatic rings. The van der Waals surface area contributed by atoms with Crippen LogP contribution in [0.3, 0.4) is 0 Å². The summed E-state index contributed by atoms with van der Waals surface area (Å²) in [6.45, 7) is 0.505. The third-order valence-corrected chi connectivity index (χ3v) is 2.96. The third-order valence-electron chi connectivity index (χ3n) is 2.47. The van der Waals surface area contributed by atoms with Gasteiger partial charge in [-0.05, 0) is 36.7 Å². The maximum Gasteiger partial charge on any atom is 0.416 e. The average molecular weight is 283 g/mol. The summed E-state index contributed by atoms with van der Waals surface area (Å²) in [5.74, 6) is 0. The molecule has 0 atom stereocenters. The molecular formula is C11H11BrN2O2. The van der Waals surface area contributed by atoms with Gasteiger partial charge in [-0.3, -0.25) is 4.57 Å². The number of carboxylic acid groups (broad SMARTS) is 1. The minimum Gasteiger partial charge on any atom is -0.464 e. The summed E-state index contributed by atoms with van der Waals surface area (Å²) in [4.78, 5) is 11.0. The van der Waals surface area contributed by atoms with Crippen LogP contribution in [-0.4, -0.2) is 22.3 Å². The van der Waals surface area contributed by atoms with Crippen LogP contribution in [0.25, 0.3) is 10.9 Å². The van der Waals surface area contributed by atoms with Crippen molar-refractivity contribution in [2.75, 3.05) is 6.54 Å². The fourth-order valence-corrected chi connectivity index (χ4v) is 2.14. The van der Waals surface area contributed by atoms with Gasteiger partial charge in [0.05, 0.1) is 5.52 Å². The molecule has 0 radical (unpaired) electrons. The molecule has 0 aliphatic heterocycles. The van der Waals surface area contributed by atoms with Gasteiger partial charge in [-0.2, -0.15) is 0 Å². The number of nitrogens with two attached hydrogens (primary N) is 1. The van der Waals surface area contributed by atoms with E-state index in [0.717, 1.165) is 15.4 Å². The smallest absolute Gasteiger partial charge is 0.416 e. The van der Waals surface area contributed by atoms with Crippen molar-refractivity contribution in [2.45, 2.75) is 6.42 Å². The van der Waals surface area contributed by atoms with Crippen molar-refractivity contribution < 1.29 is 9.90 Å². The van der Waals surface area contributed by atoms with Crippen molar-refractivity contribution >= 4 is 32.9 Å². The Bertz CT molecular complexity index is 548. The molecule has 0 bridgehead atoms. The maximum absolute atomic E-state index is 11.0. The number of nitrogens with zero attached hydrogens (tertiary/aromatic N) is 1. The van der Waals surface area contributed by atoms with Gasteiger partial charge >= 0.3 is 6.09 Å². The highest BCUT2D eigenvalue weighted by molar-refractivity contribution is 9.10. The molecule has 4 nitrogen and oxygen atoms in total. The topological polar surface area (TPSA) is 68.2 Å². The lowest BCUT2D eigenvalue weighted by molar-refractivity contribution is 0.197. The van der Waals surface area contributed by atoms with Crippen LogP contribution in [0.15, 0.2) is 28.9 Å². The molecule has 0 saturated carbocycles. The number of hydrogen-bond donors (Lipinski definition) is 2. The summed E-state index contributed by atoms with van der Waals surface area (Å²) in [5.41, 5.74) is 7.16. The highest BCUT2D eigenvalue weighted by Crippen LogP contribution is 2.25. The molecular weight excluding hydrogens is 272 g/mol. The van der Waals surface area contributed by atoms with E-state index in [4.69, 9.17) is 10.8 Å². The average Bonchev–Trinajstić information content (AvgIpc) is 2.58. The van der Waals surface area contributed by atoms with Crippen molar-refractivity contribution in [3.8, 4) is 0 Å². The molecule has 3 N–H and O–H groups in total. The first kappa shape index (κ1) is 11.2. The van der Waals surface area contributed by atoms with Crippen LogP contribution in [0.4, 0.5) is 4.79 Å². The number of hydrogen-bond acceptors (Lipinski definition) is 2. The second-order valence-electron chi connectivity index (χ2n) is 3.51. The van der Waals surface area contributed by atoms with Gasteiger partial charge in [0, 0.05) is 16.1 Å². The van der Waals surface area contributed by atoms with Crippen LogP contribution < -0.4 is 5.73 Å². The summed E-state index contributed by atoms with van der Waals surface area (Å²) in [5, 5.41) is 9.99. The Morgan fingerprint density at radius 1 is 1.50 bits per heavy atom. The Morgan fingerprint density at radius 2 is 2.25 bits per heavy atom. The third kappa shape index (κ3) is 1.83. The first-order valence-corrected chi connectivity index (χ1v) is 5.65. The molecule has 0 fully saturated rings. The molecule has 5 heteroatoms. The molecule has 1 aromatic carbocycles. The fraction of sp³-hybridized carbons (Fsp3) is 0.182. The lowest BCUT2D eigenvalue weighted by Gasteiger charge is -1.97. The highest BCUT2D eigenvalue weighted by atomic mass is 79.9. The van der Waals surface area contributed by atoms with Crippen molar-refractivity contribution in [1.29, 1.82) is 0 Å². The molecule has 16 heavy (non-hydrogen) atoms. The largest absolute Gasteiger partial charge is 0.464 e. The van der Waals surface area contributed by atoms with E-state index in [1.54, 1.807) is 12.3 Å². The predicted molar refractivity (Wildman–Crippen MR) is 65.8 cm³/mol. The van der Waals surface area contributed by atoms with Crippen LogP contribution in [-0.2, 0) is 6.42 Å². The van der Waals surface area contributed by atoms with Gasteiger partial charge in [-0.25, -0.2) is 4.79 Å². The van der Waals surface area contributed by atoms with E-state index in [0.29, 0.717) is 18.5 Å². The van der Waals surface area contributed by atoms with E-state index < -0.39 is 6.09 Å². The molecule has 0 unspecified atom stereocenters. The normalized spacial score (nSPS) is 10.9. The standard InChI is InChI=1S/C11H11BrN2O2/c12-8-1-2-10-9(5-8)7(3-4-13)6-14(10)11(15)16/h1-2,5-6H,3-4,13H2,(H,15,16). The Labute approximate surface area is 101 Å². The van der Waals surface area contributed by atoms with Gasteiger partial charge in [-0.1, -0.05) is 15.9 Å². The Morgan fingerprint density at radius 3 is 2.88 bits per heavy atom. The minimum absolute atomic E-state index is 0.505. The fourth-order valence-electron chi connectivity index (χ4n) is 1.78. The van der Waals surface area contributed by atoms with Crippen LogP contribution in [0.5, 0.6) is 0 Å². The van der Waals surface area contributed by atoms with Gasteiger partial charge < -0.3 is 10.8 Å². The van der Waals surface area contributed by atoms with Gasteiger partial charge in [0.15, 0.2) is 0 Å². The molecule has 2 rings (SSSR count). The van der Waals surface area contributed by atoms with E-state index in [2.05, 4.69) is 15.9 Å². The Kier molecular flexibility index (Phi) is 2.98. The summed E-state index contributed by atoms with van der Waals surface area (Å²) < 4.78 is 2.16. The lowest BCUT2D eigenvalue weighted by Crippen LogP contribution is -2.06. The van der Waals surface area contributed by atoms with Crippen LogP contribution >= 0.6 is 15.9 Å². The SMILES string of the molecule is NCCc1cn(C(=O)O)c2ccc(Br)cc12. The zero-order valence-electron chi connectivity index (χ0n) is 8.48. The Balaban J connectivity index is 2.71. The number of benzene rings is 1. The lowest BCUT2D eigenvalue weighted by atomic mass is 10.1. The zero-order valence-corrected chi connectivity index (χ0v) is 10.1. The molecule has 0 amide bonds. The van der Waals surface area contributed by atoms with Gasteiger partial charge in [0.1, 0.15) is 0 Å². The van der Waals surface area contributed by atoms with Crippen molar-refractivity contribution in [3.63, 3.8) is 0 Å². The minimum atomic E-state index is -0.976. The molecule has 1 aromatic heterocycles. The van der Waals surface area contributed by atoms with E-state index in [-0.39, 0.29) is 0 Å².